The van der Waals surface area contributed by atoms with Gasteiger partial charge in [-0.1, -0.05) is 84.9 Å². The van der Waals surface area contributed by atoms with Crippen LogP contribution in [-0.4, -0.2) is 9.13 Å². The lowest BCUT2D eigenvalue weighted by molar-refractivity contribution is 1.10. The first-order chi connectivity index (χ1) is 24.6. The molecule has 0 amide bonds. The van der Waals surface area contributed by atoms with Gasteiger partial charge in [0.25, 0.3) is 0 Å². The molecule has 2 heterocycles. The van der Waals surface area contributed by atoms with Gasteiger partial charge in [-0.25, -0.2) is 0 Å². The predicted molar refractivity (Wildman–Crippen MR) is 202 cm³/mol. The molecule has 0 saturated heterocycles. The Morgan fingerprint density at radius 1 is 0.540 bits per heavy atom. The number of nitrogens with zero attached hydrogens (tertiary/aromatic N) is 5. The number of nitriles is 3. The molecule has 5 heteroatoms. The molecule has 0 radical (unpaired) electrons. The van der Waals surface area contributed by atoms with Crippen LogP contribution in [0.25, 0.3) is 72.4 Å². The van der Waals surface area contributed by atoms with Crippen molar-refractivity contribution in [2.45, 2.75) is 13.8 Å². The molecule has 5 nitrogen and oxygen atoms in total. The van der Waals surface area contributed by atoms with Crippen molar-refractivity contribution in [3.05, 3.63) is 161 Å². The molecule has 0 spiro atoms. The highest BCUT2D eigenvalue weighted by molar-refractivity contribution is 6.10. The molecule has 0 aliphatic carbocycles. The van der Waals surface area contributed by atoms with Crippen LogP contribution in [0.5, 0.6) is 0 Å². The third kappa shape index (κ3) is 4.60. The summed E-state index contributed by atoms with van der Waals surface area (Å²) in [7, 11) is 0. The van der Waals surface area contributed by atoms with Crippen LogP contribution in [0.15, 0.2) is 133 Å². The van der Waals surface area contributed by atoms with Crippen molar-refractivity contribution in [3.63, 3.8) is 0 Å². The summed E-state index contributed by atoms with van der Waals surface area (Å²) < 4.78 is 4.30. The average Bonchev–Trinajstić information content (AvgIpc) is 3.64. The van der Waals surface area contributed by atoms with E-state index in [4.69, 9.17) is 0 Å². The molecule has 0 bridgehead atoms. The molecule has 0 aliphatic rings. The maximum Gasteiger partial charge on any atom is 0.101 e. The summed E-state index contributed by atoms with van der Waals surface area (Å²) in [5, 5.41) is 34.0. The van der Waals surface area contributed by atoms with Crippen LogP contribution in [0.2, 0.25) is 0 Å². The number of rotatable bonds is 5. The molecule has 8 aromatic rings. The lowest BCUT2D eigenvalue weighted by Crippen LogP contribution is -2.03. The van der Waals surface area contributed by atoms with Crippen LogP contribution in [0, 0.1) is 40.9 Å². The Hall–Kier alpha value is -7.13. The summed E-state index contributed by atoms with van der Waals surface area (Å²) in [6, 6.07) is 49.3. The van der Waals surface area contributed by atoms with Crippen LogP contribution < -0.4 is 0 Å². The predicted octanol–water partition coefficient (Wildman–Crippen LogP) is 11.0. The van der Waals surface area contributed by atoms with Gasteiger partial charge in [-0.3, -0.25) is 0 Å². The minimum atomic E-state index is 0.386. The zero-order valence-electron chi connectivity index (χ0n) is 27.5. The summed E-state index contributed by atoms with van der Waals surface area (Å²) in [4.78, 5) is 0. The molecule has 0 N–H and O–H groups in total. The maximum atomic E-state index is 10.7. The second kappa shape index (κ2) is 12.1. The standard InChI is InChI=1S/C45H29N5/c1-3-12-40-29(2)34-13-6-9-18-41(34)49(40)42-19-10-7-16-37(42)36-15-5-4-14-35(36)31-24-32(27-47)45(33(25-31)28-48)50-43-20-11-8-17-38(43)39-23-30(26-46)21-22-44(39)50/h3-25H,1-2H3/b12-3-. The summed E-state index contributed by atoms with van der Waals surface area (Å²) in [5.74, 6) is 0. The van der Waals surface area contributed by atoms with Gasteiger partial charge in [0, 0.05) is 27.4 Å². The first-order valence-electron chi connectivity index (χ1n) is 16.4. The molecule has 2 aromatic heterocycles. The number of hydrogen-bond donors (Lipinski definition) is 0. The number of fused-ring (bicyclic) bond motifs is 4. The summed E-state index contributed by atoms with van der Waals surface area (Å²) in [6.45, 7) is 4.20. The maximum absolute atomic E-state index is 10.7. The number of allylic oxidation sites excluding steroid dienone is 1. The van der Waals surface area contributed by atoms with E-state index in [1.54, 1.807) is 6.07 Å². The molecule has 50 heavy (non-hydrogen) atoms. The molecule has 8 rings (SSSR count). The van der Waals surface area contributed by atoms with Gasteiger partial charge < -0.3 is 9.13 Å². The van der Waals surface area contributed by atoms with E-state index >= 15 is 0 Å². The quantitative estimate of drug-likeness (QED) is 0.188. The fourth-order valence-corrected chi connectivity index (χ4v) is 7.39. The van der Waals surface area contributed by atoms with Crippen LogP contribution >= 0.6 is 0 Å². The minimum absolute atomic E-state index is 0.386. The van der Waals surface area contributed by atoms with E-state index in [2.05, 4.69) is 96.4 Å². The van der Waals surface area contributed by atoms with Crippen molar-refractivity contribution >= 4 is 38.8 Å². The summed E-state index contributed by atoms with van der Waals surface area (Å²) >= 11 is 0. The molecule has 6 aromatic carbocycles. The average molecular weight is 640 g/mol. The van der Waals surface area contributed by atoms with Crippen molar-refractivity contribution in [3.8, 4) is 51.8 Å². The Kier molecular flexibility index (Phi) is 7.34. The van der Waals surface area contributed by atoms with Gasteiger partial charge in [0.15, 0.2) is 0 Å². The van der Waals surface area contributed by atoms with Crippen molar-refractivity contribution in [2.24, 2.45) is 0 Å². The van der Waals surface area contributed by atoms with Crippen LogP contribution in [-0.2, 0) is 0 Å². The first-order valence-corrected chi connectivity index (χ1v) is 16.4. The molecule has 0 atom stereocenters. The van der Waals surface area contributed by atoms with Gasteiger partial charge in [0.05, 0.1) is 50.7 Å². The lowest BCUT2D eigenvalue weighted by Gasteiger charge is -2.19. The van der Waals surface area contributed by atoms with Gasteiger partial charge >= 0.3 is 0 Å². The van der Waals surface area contributed by atoms with Crippen LogP contribution in [0.4, 0.5) is 0 Å². The highest BCUT2D eigenvalue weighted by atomic mass is 15.0. The molecular formula is C45H29N5. The SMILES string of the molecule is C/C=C\c1c(C)c2ccccc2n1-c1ccccc1-c1ccccc1-c1cc(C#N)c(-n2c3ccccc3c3cc(C#N)ccc32)c(C#N)c1. The molecule has 0 fully saturated rings. The highest BCUT2D eigenvalue weighted by Crippen LogP contribution is 2.41. The van der Waals surface area contributed by atoms with E-state index in [0.717, 1.165) is 61.0 Å². The van der Waals surface area contributed by atoms with Gasteiger partial charge in [-0.15, -0.1) is 0 Å². The topological polar surface area (TPSA) is 81.2 Å². The van der Waals surface area contributed by atoms with Gasteiger partial charge in [0.1, 0.15) is 12.1 Å². The number of para-hydroxylation sites is 3. The Labute approximate surface area is 290 Å². The number of aromatic nitrogens is 2. The molecule has 0 saturated carbocycles. The normalized spacial score (nSPS) is 11.3. The number of aryl methyl sites for hydroxylation is 1. The van der Waals surface area contributed by atoms with E-state index in [1.807, 2.05) is 78.2 Å². The first kappa shape index (κ1) is 30.2. The van der Waals surface area contributed by atoms with Gasteiger partial charge in [-0.2, -0.15) is 15.8 Å². The zero-order chi connectivity index (χ0) is 34.4. The summed E-state index contributed by atoms with van der Waals surface area (Å²) in [6.07, 6.45) is 4.23. The van der Waals surface area contributed by atoms with E-state index in [-0.39, 0.29) is 0 Å². The lowest BCUT2D eigenvalue weighted by atomic mass is 9.91. The minimum Gasteiger partial charge on any atom is -0.309 e. The second-order valence-electron chi connectivity index (χ2n) is 12.3. The number of hydrogen-bond acceptors (Lipinski definition) is 3. The third-order valence-electron chi connectivity index (χ3n) is 9.55. The monoisotopic (exact) mass is 639 g/mol. The molecule has 0 aliphatic heterocycles. The van der Waals surface area contributed by atoms with E-state index in [9.17, 15) is 15.8 Å². The molecule has 234 valence electrons. The zero-order valence-corrected chi connectivity index (χ0v) is 27.5. The smallest absolute Gasteiger partial charge is 0.101 e. The van der Waals surface area contributed by atoms with E-state index < -0.39 is 0 Å². The molecular weight excluding hydrogens is 611 g/mol. The van der Waals surface area contributed by atoms with Crippen molar-refractivity contribution in [1.29, 1.82) is 15.8 Å². The Morgan fingerprint density at radius 2 is 1.12 bits per heavy atom. The number of benzene rings is 6. The van der Waals surface area contributed by atoms with Crippen molar-refractivity contribution < 1.29 is 0 Å². The van der Waals surface area contributed by atoms with Crippen LogP contribution in [0.1, 0.15) is 34.9 Å². The largest absolute Gasteiger partial charge is 0.309 e. The van der Waals surface area contributed by atoms with Crippen LogP contribution in [0.3, 0.4) is 0 Å². The van der Waals surface area contributed by atoms with Gasteiger partial charge in [0.2, 0.25) is 0 Å². The van der Waals surface area contributed by atoms with Crippen molar-refractivity contribution in [1.82, 2.24) is 9.13 Å². The summed E-state index contributed by atoms with van der Waals surface area (Å²) in [5.41, 5.74) is 11.8. The fourth-order valence-electron chi connectivity index (χ4n) is 7.39. The second-order valence-corrected chi connectivity index (χ2v) is 12.3. The van der Waals surface area contributed by atoms with Gasteiger partial charge in [-0.05, 0) is 90.7 Å². The fraction of sp³-hybridized carbons (Fsp3) is 0.0444. The Morgan fingerprint density at radius 3 is 1.80 bits per heavy atom. The third-order valence-corrected chi connectivity index (χ3v) is 9.55. The Bertz CT molecular complexity index is 2790. The van der Waals surface area contributed by atoms with Crippen molar-refractivity contribution in [2.75, 3.05) is 0 Å². The van der Waals surface area contributed by atoms with E-state index in [1.165, 1.54) is 10.9 Å². The highest BCUT2D eigenvalue weighted by Gasteiger charge is 2.22. The molecule has 0 unspecified atom stereocenters. The van der Waals surface area contributed by atoms with E-state index in [0.29, 0.717) is 22.4 Å². The Balaban J connectivity index is 1.37.